The average Bonchev–Trinajstić information content (AvgIpc) is 3.07. The predicted molar refractivity (Wildman–Crippen MR) is 118 cm³/mol. The summed E-state index contributed by atoms with van der Waals surface area (Å²) in [7, 11) is 0. The highest BCUT2D eigenvalue weighted by molar-refractivity contribution is 6.28. The quantitative estimate of drug-likeness (QED) is 0.465. The molecular weight excluding hydrogens is 454 g/mol. The Balaban J connectivity index is 2.50. The average molecular weight is 488 g/mol. The Morgan fingerprint density at radius 1 is 0.879 bits per heavy atom. The second kappa shape index (κ2) is 9.58. The van der Waals surface area contributed by atoms with Crippen molar-refractivity contribution in [3.63, 3.8) is 0 Å². The molecule has 10 nitrogen and oxygen atoms in total. The van der Waals surface area contributed by atoms with Gasteiger partial charge in [-0.05, 0) is 73.9 Å². The van der Waals surface area contributed by atoms with E-state index in [9.17, 15) is 14.4 Å². The molecule has 1 fully saturated rings. The lowest BCUT2D eigenvalue weighted by molar-refractivity contribution is -0.249. The molecule has 11 heteroatoms. The topological polar surface area (TPSA) is 119 Å². The molecule has 186 valence electrons. The molecule has 4 atom stereocenters. The highest BCUT2D eigenvalue weighted by Gasteiger charge is 2.51. The van der Waals surface area contributed by atoms with Gasteiger partial charge in [-0.3, -0.25) is 14.4 Å². The number of hydrogen-bond donors (Lipinski definition) is 0. The zero-order valence-electron chi connectivity index (χ0n) is 20.7. The first-order valence-corrected chi connectivity index (χ1v) is 11.1. The summed E-state index contributed by atoms with van der Waals surface area (Å²) >= 11 is 5.87. The number of halogens is 1. The van der Waals surface area contributed by atoms with Crippen LogP contribution in [-0.4, -0.2) is 57.6 Å². The van der Waals surface area contributed by atoms with Crippen molar-refractivity contribution >= 4 is 29.5 Å². The summed E-state index contributed by atoms with van der Waals surface area (Å²) in [6, 6.07) is 0. The van der Waals surface area contributed by atoms with Crippen LogP contribution >= 0.6 is 11.6 Å². The standard InChI is InChI=1S/C22H34ClN3O7/c1-20(2,3)16(27)31-12-10-30-15(26-11-24-19(23)25-26)14(33-18(29)22(7,8)9)13(12)32-17(28)21(4,5)6/h11-15H,10H2,1-9H3/t12-,13+,14-,15-/m1/s1. The second-order valence-corrected chi connectivity index (χ2v) is 11.5. The van der Waals surface area contributed by atoms with E-state index in [0.29, 0.717) is 0 Å². The molecule has 0 radical (unpaired) electrons. The summed E-state index contributed by atoms with van der Waals surface area (Å²) in [5.74, 6) is -1.64. The molecule has 1 saturated heterocycles. The van der Waals surface area contributed by atoms with Crippen molar-refractivity contribution in [3.8, 4) is 0 Å². The normalized spacial score (nSPS) is 24.2. The number of nitrogens with zero attached hydrogens (tertiary/aromatic N) is 3. The number of hydrogen-bond acceptors (Lipinski definition) is 9. The van der Waals surface area contributed by atoms with Crippen molar-refractivity contribution in [2.45, 2.75) is 86.9 Å². The van der Waals surface area contributed by atoms with Gasteiger partial charge in [-0.2, -0.15) is 0 Å². The highest BCUT2D eigenvalue weighted by atomic mass is 35.5. The van der Waals surface area contributed by atoms with Gasteiger partial charge in [0.25, 0.3) is 0 Å². The van der Waals surface area contributed by atoms with Crippen molar-refractivity contribution in [1.82, 2.24) is 14.8 Å². The molecular formula is C22H34ClN3O7. The number of carbonyl (C=O) groups excluding carboxylic acids is 3. The van der Waals surface area contributed by atoms with E-state index in [1.165, 1.54) is 11.0 Å². The van der Waals surface area contributed by atoms with Crippen LogP contribution in [0.2, 0.25) is 5.28 Å². The third kappa shape index (κ3) is 6.89. The minimum Gasteiger partial charge on any atom is -0.455 e. The highest BCUT2D eigenvalue weighted by Crippen LogP contribution is 2.34. The number of carbonyl (C=O) groups is 3. The molecule has 0 spiro atoms. The summed E-state index contributed by atoms with van der Waals surface area (Å²) < 4.78 is 24.4. The maximum absolute atomic E-state index is 12.8. The van der Waals surface area contributed by atoms with Crippen LogP contribution < -0.4 is 0 Å². The molecule has 2 heterocycles. The van der Waals surface area contributed by atoms with Crippen LogP contribution in [0.3, 0.4) is 0 Å². The lowest BCUT2D eigenvalue weighted by atomic mass is 9.94. The molecule has 0 saturated carbocycles. The van der Waals surface area contributed by atoms with E-state index >= 15 is 0 Å². The first kappa shape index (κ1) is 27.0. The van der Waals surface area contributed by atoms with Gasteiger partial charge in [0.2, 0.25) is 5.28 Å². The summed E-state index contributed by atoms with van der Waals surface area (Å²) in [6.45, 7) is 15.1. The van der Waals surface area contributed by atoms with Crippen LogP contribution in [0.1, 0.15) is 68.5 Å². The Labute approximate surface area is 199 Å². The van der Waals surface area contributed by atoms with E-state index < -0.39 is 58.7 Å². The van der Waals surface area contributed by atoms with E-state index in [0.717, 1.165) is 0 Å². The van der Waals surface area contributed by atoms with Gasteiger partial charge < -0.3 is 18.9 Å². The van der Waals surface area contributed by atoms with Crippen molar-refractivity contribution < 1.29 is 33.3 Å². The number of aromatic nitrogens is 3. The van der Waals surface area contributed by atoms with Crippen LogP contribution in [0.5, 0.6) is 0 Å². The fourth-order valence-corrected chi connectivity index (χ4v) is 2.78. The molecule has 0 bridgehead atoms. The summed E-state index contributed by atoms with van der Waals surface area (Å²) in [6.07, 6.45) is -3.06. The summed E-state index contributed by atoms with van der Waals surface area (Å²) in [4.78, 5) is 42.2. The minimum atomic E-state index is -1.19. The number of ether oxygens (including phenoxy) is 4. The fourth-order valence-electron chi connectivity index (χ4n) is 2.64. The van der Waals surface area contributed by atoms with E-state index in [1.807, 2.05) is 0 Å². The number of rotatable bonds is 4. The van der Waals surface area contributed by atoms with Gasteiger partial charge in [0.1, 0.15) is 6.33 Å². The van der Waals surface area contributed by atoms with Gasteiger partial charge >= 0.3 is 17.9 Å². The van der Waals surface area contributed by atoms with Gasteiger partial charge in [0, 0.05) is 0 Å². The lowest BCUT2D eigenvalue weighted by Gasteiger charge is -2.42. The zero-order chi connectivity index (χ0) is 25.4. The Hall–Kier alpha value is -2.20. The Bertz CT molecular complexity index is 880. The van der Waals surface area contributed by atoms with E-state index in [2.05, 4.69) is 10.1 Å². The molecule has 0 aliphatic carbocycles. The van der Waals surface area contributed by atoms with Crippen LogP contribution in [-0.2, 0) is 33.3 Å². The molecule has 2 rings (SSSR count). The molecule has 1 aliphatic rings. The Kier molecular flexibility index (Phi) is 7.85. The van der Waals surface area contributed by atoms with Crippen molar-refractivity contribution in [1.29, 1.82) is 0 Å². The third-order valence-corrected chi connectivity index (χ3v) is 4.90. The smallest absolute Gasteiger partial charge is 0.311 e. The van der Waals surface area contributed by atoms with Crippen LogP contribution in [0.15, 0.2) is 6.33 Å². The SMILES string of the molecule is CC(C)(C)C(=O)O[C@@H]1[C@@H](OC(=O)C(C)(C)C)[C@H](OC(=O)C(C)(C)C)CO[C@H]1n1cnc(Cl)n1. The summed E-state index contributed by atoms with van der Waals surface area (Å²) in [5.41, 5.74) is -2.54. The van der Waals surface area contributed by atoms with Crippen molar-refractivity contribution in [3.05, 3.63) is 11.6 Å². The molecule has 1 aromatic heterocycles. The van der Waals surface area contributed by atoms with E-state index in [4.69, 9.17) is 30.5 Å². The molecule has 0 unspecified atom stereocenters. The minimum absolute atomic E-state index is 0.0379. The molecule has 1 aromatic rings. The second-order valence-electron chi connectivity index (χ2n) is 11.2. The molecule has 33 heavy (non-hydrogen) atoms. The Morgan fingerprint density at radius 2 is 1.33 bits per heavy atom. The van der Waals surface area contributed by atoms with E-state index in [1.54, 1.807) is 62.3 Å². The lowest BCUT2D eigenvalue weighted by Crippen LogP contribution is -2.57. The largest absolute Gasteiger partial charge is 0.455 e. The summed E-state index contributed by atoms with van der Waals surface area (Å²) in [5, 5.41) is 4.01. The first-order chi connectivity index (χ1) is 14.9. The predicted octanol–water partition coefficient (Wildman–Crippen LogP) is 3.33. The molecule has 0 amide bonds. The van der Waals surface area contributed by atoms with Crippen LogP contribution in [0.25, 0.3) is 0 Å². The number of esters is 3. The van der Waals surface area contributed by atoms with E-state index in [-0.39, 0.29) is 11.9 Å². The van der Waals surface area contributed by atoms with Gasteiger partial charge in [-0.1, -0.05) is 0 Å². The monoisotopic (exact) mass is 487 g/mol. The van der Waals surface area contributed by atoms with Gasteiger partial charge in [-0.25, -0.2) is 9.67 Å². The van der Waals surface area contributed by atoms with Gasteiger partial charge in [0.05, 0.1) is 22.9 Å². The molecule has 0 aromatic carbocycles. The maximum Gasteiger partial charge on any atom is 0.311 e. The molecule has 0 N–H and O–H groups in total. The van der Waals surface area contributed by atoms with Crippen LogP contribution in [0.4, 0.5) is 0 Å². The third-order valence-electron chi connectivity index (χ3n) is 4.73. The van der Waals surface area contributed by atoms with Gasteiger partial charge in [0.15, 0.2) is 24.5 Å². The Morgan fingerprint density at radius 3 is 1.76 bits per heavy atom. The van der Waals surface area contributed by atoms with Crippen molar-refractivity contribution in [2.75, 3.05) is 6.61 Å². The fraction of sp³-hybridized carbons (Fsp3) is 0.773. The van der Waals surface area contributed by atoms with Gasteiger partial charge in [-0.15, -0.1) is 5.10 Å². The van der Waals surface area contributed by atoms with Crippen molar-refractivity contribution in [2.24, 2.45) is 16.2 Å². The first-order valence-electron chi connectivity index (χ1n) is 10.7. The van der Waals surface area contributed by atoms with Crippen LogP contribution in [0, 0.1) is 16.2 Å². The maximum atomic E-state index is 12.8. The zero-order valence-corrected chi connectivity index (χ0v) is 21.4. The molecule has 1 aliphatic heterocycles.